The van der Waals surface area contributed by atoms with Crippen LogP contribution in [0, 0.1) is 13.8 Å². The molecule has 72 valence electrons. The summed E-state index contributed by atoms with van der Waals surface area (Å²) >= 11 is 0. The van der Waals surface area contributed by atoms with Gasteiger partial charge in [0, 0.05) is 5.56 Å². The number of carboxylic acids is 1. The van der Waals surface area contributed by atoms with Gasteiger partial charge in [-0.15, -0.1) is 0 Å². The second kappa shape index (κ2) is 2.91. The molecule has 1 aromatic rings. The summed E-state index contributed by atoms with van der Waals surface area (Å²) in [6.07, 6.45) is 1.59. The molecule has 0 saturated heterocycles. The number of aryl methyl sites for hydroxylation is 2. The van der Waals surface area contributed by atoms with E-state index in [0.717, 1.165) is 11.1 Å². The van der Waals surface area contributed by atoms with E-state index in [-0.39, 0.29) is 0 Å². The summed E-state index contributed by atoms with van der Waals surface area (Å²) in [5, 5.41) is 9.02. The molecule has 0 spiro atoms. The van der Waals surface area contributed by atoms with Gasteiger partial charge in [0.15, 0.2) is 0 Å². The van der Waals surface area contributed by atoms with Crippen LogP contribution in [0.15, 0.2) is 10.7 Å². The van der Waals surface area contributed by atoms with Gasteiger partial charge in [0.1, 0.15) is 5.76 Å². The molecule has 0 atom stereocenters. The molecular weight excluding hydrogens is 168 g/mol. The van der Waals surface area contributed by atoms with Crippen molar-refractivity contribution in [1.82, 2.24) is 0 Å². The summed E-state index contributed by atoms with van der Waals surface area (Å²) in [5.41, 5.74) is 0.797. The number of hydrogen-bond donors (Lipinski definition) is 1. The van der Waals surface area contributed by atoms with Crippen LogP contribution >= 0.6 is 0 Å². The molecule has 0 aromatic carbocycles. The normalized spacial score (nSPS) is 11.7. The lowest BCUT2D eigenvalue weighted by molar-refractivity contribution is -0.142. The maximum Gasteiger partial charge on any atom is 0.313 e. The number of hydrogen-bond acceptors (Lipinski definition) is 2. The fourth-order valence-electron chi connectivity index (χ4n) is 1.61. The zero-order valence-corrected chi connectivity index (χ0v) is 8.34. The highest BCUT2D eigenvalue weighted by Crippen LogP contribution is 2.30. The maximum atomic E-state index is 11.0. The van der Waals surface area contributed by atoms with Gasteiger partial charge in [-0.05, 0) is 33.3 Å². The zero-order chi connectivity index (χ0) is 10.2. The molecule has 1 rings (SSSR count). The summed E-state index contributed by atoms with van der Waals surface area (Å²) in [6, 6.07) is 0. The lowest BCUT2D eigenvalue weighted by Gasteiger charge is -2.19. The van der Waals surface area contributed by atoms with Crippen LogP contribution in [-0.2, 0) is 10.2 Å². The van der Waals surface area contributed by atoms with Gasteiger partial charge in [-0.1, -0.05) is 0 Å². The molecule has 0 aliphatic heterocycles. The van der Waals surface area contributed by atoms with Crippen molar-refractivity contribution in [1.29, 1.82) is 0 Å². The number of aliphatic carboxylic acids is 1. The molecule has 0 bridgehead atoms. The minimum atomic E-state index is -0.874. The third-order valence-corrected chi connectivity index (χ3v) is 2.32. The number of rotatable bonds is 2. The molecule has 3 nitrogen and oxygen atoms in total. The fraction of sp³-hybridized carbons (Fsp3) is 0.500. The summed E-state index contributed by atoms with van der Waals surface area (Å²) < 4.78 is 5.17. The van der Waals surface area contributed by atoms with Gasteiger partial charge in [0.2, 0.25) is 0 Å². The highest BCUT2D eigenvalue weighted by molar-refractivity contribution is 5.81. The molecule has 3 heteroatoms. The van der Waals surface area contributed by atoms with E-state index >= 15 is 0 Å². The van der Waals surface area contributed by atoms with Crippen LogP contribution in [0.3, 0.4) is 0 Å². The number of carbonyl (C=O) groups is 1. The van der Waals surface area contributed by atoms with Crippen molar-refractivity contribution in [3.8, 4) is 0 Å². The van der Waals surface area contributed by atoms with Crippen molar-refractivity contribution >= 4 is 5.97 Å². The predicted molar refractivity (Wildman–Crippen MR) is 48.8 cm³/mol. The second-order valence-corrected chi connectivity index (χ2v) is 3.78. The van der Waals surface area contributed by atoms with E-state index < -0.39 is 11.4 Å². The molecular formula is C10H14O3. The fourth-order valence-corrected chi connectivity index (χ4v) is 1.61. The first-order valence-corrected chi connectivity index (χ1v) is 4.16. The molecule has 1 heterocycles. The van der Waals surface area contributed by atoms with E-state index in [1.807, 2.05) is 6.92 Å². The Balaban J connectivity index is 3.28. The monoisotopic (exact) mass is 182 g/mol. The highest BCUT2D eigenvalue weighted by atomic mass is 16.4. The Morgan fingerprint density at radius 2 is 2.00 bits per heavy atom. The van der Waals surface area contributed by atoms with Crippen molar-refractivity contribution in [2.75, 3.05) is 0 Å². The Hall–Kier alpha value is -1.25. The molecule has 1 aromatic heterocycles. The standard InChI is InChI=1S/C10H14O3/c1-6-5-13-7(2)8(6)10(3,4)9(11)12/h5H,1-4H3,(H,11,12). The van der Waals surface area contributed by atoms with Gasteiger partial charge in [-0.3, -0.25) is 4.79 Å². The van der Waals surface area contributed by atoms with Gasteiger partial charge in [0.25, 0.3) is 0 Å². The molecule has 0 amide bonds. The number of furan rings is 1. The summed E-state index contributed by atoms with van der Waals surface area (Å²) in [5.74, 6) is -0.148. The van der Waals surface area contributed by atoms with E-state index in [0.29, 0.717) is 5.76 Å². The molecule has 0 unspecified atom stereocenters. The Labute approximate surface area is 77.4 Å². The predicted octanol–water partition coefficient (Wildman–Crippen LogP) is 2.26. The first kappa shape index (κ1) is 9.84. The lowest BCUT2D eigenvalue weighted by atomic mass is 9.83. The first-order chi connectivity index (χ1) is 5.87. The van der Waals surface area contributed by atoms with Crippen molar-refractivity contribution in [2.45, 2.75) is 33.1 Å². The van der Waals surface area contributed by atoms with Crippen LogP contribution in [0.1, 0.15) is 30.7 Å². The Morgan fingerprint density at radius 1 is 1.46 bits per heavy atom. The van der Waals surface area contributed by atoms with Gasteiger partial charge >= 0.3 is 5.97 Å². The second-order valence-electron chi connectivity index (χ2n) is 3.78. The summed E-state index contributed by atoms with van der Waals surface area (Å²) in [6.45, 7) is 7.00. The third-order valence-electron chi connectivity index (χ3n) is 2.32. The highest BCUT2D eigenvalue weighted by Gasteiger charge is 2.34. The van der Waals surface area contributed by atoms with Crippen LogP contribution in [0.5, 0.6) is 0 Å². The van der Waals surface area contributed by atoms with Crippen LogP contribution in [-0.4, -0.2) is 11.1 Å². The van der Waals surface area contributed by atoms with Crippen molar-refractivity contribution in [3.05, 3.63) is 23.2 Å². The Kier molecular flexibility index (Phi) is 2.20. The largest absolute Gasteiger partial charge is 0.481 e. The van der Waals surface area contributed by atoms with Gasteiger partial charge in [0.05, 0.1) is 11.7 Å². The van der Waals surface area contributed by atoms with E-state index in [4.69, 9.17) is 9.52 Å². The van der Waals surface area contributed by atoms with Gasteiger partial charge in [-0.25, -0.2) is 0 Å². The molecule has 0 radical (unpaired) electrons. The topological polar surface area (TPSA) is 50.4 Å². The molecule has 0 aliphatic rings. The lowest BCUT2D eigenvalue weighted by Crippen LogP contribution is -2.29. The van der Waals surface area contributed by atoms with Crippen molar-refractivity contribution < 1.29 is 14.3 Å². The van der Waals surface area contributed by atoms with Crippen molar-refractivity contribution in [2.24, 2.45) is 0 Å². The zero-order valence-electron chi connectivity index (χ0n) is 8.34. The molecule has 1 N–H and O–H groups in total. The smallest absolute Gasteiger partial charge is 0.313 e. The van der Waals surface area contributed by atoms with Gasteiger partial charge < -0.3 is 9.52 Å². The Morgan fingerprint density at radius 3 is 2.31 bits per heavy atom. The summed E-state index contributed by atoms with van der Waals surface area (Å²) in [7, 11) is 0. The minimum Gasteiger partial charge on any atom is -0.481 e. The molecule has 0 fully saturated rings. The number of carboxylic acid groups (broad SMARTS) is 1. The van der Waals surface area contributed by atoms with Crippen LogP contribution in [0.2, 0.25) is 0 Å². The van der Waals surface area contributed by atoms with Crippen molar-refractivity contribution in [3.63, 3.8) is 0 Å². The van der Waals surface area contributed by atoms with E-state index in [2.05, 4.69) is 0 Å². The van der Waals surface area contributed by atoms with E-state index in [1.54, 1.807) is 27.0 Å². The SMILES string of the molecule is Cc1coc(C)c1C(C)(C)C(=O)O. The summed E-state index contributed by atoms with van der Waals surface area (Å²) in [4.78, 5) is 11.0. The average molecular weight is 182 g/mol. The third kappa shape index (κ3) is 1.46. The van der Waals surface area contributed by atoms with E-state index in [1.165, 1.54) is 0 Å². The Bertz CT molecular complexity index is 314. The first-order valence-electron chi connectivity index (χ1n) is 4.16. The van der Waals surface area contributed by atoms with Crippen LogP contribution in [0.25, 0.3) is 0 Å². The molecule has 0 saturated carbocycles. The van der Waals surface area contributed by atoms with E-state index in [9.17, 15) is 4.79 Å². The quantitative estimate of drug-likeness (QED) is 0.763. The molecule has 0 aliphatic carbocycles. The van der Waals surface area contributed by atoms with Crippen LogP contribution in [0.4, 0.5) is 0 Å². The molecule has 13 heavy (non-hydrogen) atoms. The van der Waals surface area contributed by atoms with Crippen LogP contribution < -0.4 is 0 Å². The minimum absolute atomic E-state index is 0.685. The average Bonchev–Trinajstić information content (AvgIpc) is 2.30. The maximum absolute atomic E-state index is 11.0. The van der Waals surface area contributed by atoms with Gasteiger partial charge in [-0.2, -0.15) is 0 Å².